The molecule has 0 saturated heterocycles. The minimum absolute atomic E-state index is 0.00604. The fourth-order valence-electron chi connectivity index (χ4n) is 1.81. The molecule has 3 N–H and O–H groups in total. The molecule has 0 radical (unpaired) electrons. The average Bonchev–Trinajstić information content (AvgIpc) is 2.27. The van der Waals surface area contributed by atoms with Crippen molar-refractivity contribution in [3.8, 4) is 11.5 Å². The minimum Gasteiger partial charge on any atom is -0.504 e. The second kappa shape index (κ2) is 5.14. The Morgan fingerprint density at radius 3 is 2.47 bits per heavy atom. The highest BCUT2D eigenvalue weighted by molar-refractivity contribution is 6.01. The van der Waals surface area contributed by atoms with Gasteiger partial charge in [0.15, 0.2) is 17.3 Å². The van der Waals surface area contributed by atoms with Gasteiger partial charge in [0, 0.05) is 12.0 Å². The van der Waals surface area contributed by atoms with Crippen LogP contribution in [-0.2, 0) is 0 Å². The van der Waals surface area contributed by atoms with Crippen LogP contribution in [0.3, 0.4) is 0 Å². The van der Waals surface area contributed by atoms with Crippen LogP contribution in [-0.4, -0.2) is 24.5 Å². The number of nitrogens with two attached hydrogens (primary N) is 1. The number of benzene rings is 1. The van der Waals surface area contributed by atoms with Crippen LogP contribution in [0.4, 0.5) is 4.39 Å². The van der Waals surface area contributed by atoms with Crippen LogP contribution in [0.1, 0.15) is 27.9 Å². The van der Waals surface area contributed by atoms with Crippen molar-refractivity contribution in [2.45, 2.75) is 20.3 Å². The van der Waals surface area contributed by atoms with E-state index in [1.54, 1.807) is 0 Å². The topological polar surface area (TPSA) is 72.5 Å². The molecule has 1 aromatic rings. The molecule has 0 fully saturated rings. The zero-order valence-corrected chi connectivity index (χ0v) is 10.1. The van der Waals surface area contributed by atoms with Crippen LogP contribution in [0.15, 0.2) is 0 Å². The van der Waals surface area contributed by atoms with Crippen molar-refractivity contribution in [3.63, 3.8) is 0 Å². The predicted octanol–water partition coefficient (Wildman–Crippen LogP) is 1.69. The van der Waals surface area contributed by atoms with Gasteiger partial charge in [-0.05, 0) is 26.0 Å². The number of phenols is 1. The molecule has 0 amide bonds. The molecule has 0 unspecified atom stereocenters. The van der Waals surface area contributed by atoms with E-state index in [0.29, 0.717) is 0 Å². The Labute approximate surface area is 99.2 Å². The molecule has 94 valence electrons. The Kier molecular flexibility index (Phi) is 4.07. The van der Waals surface area contributed by atoms with Crippen molar-refractivity contribution in [2.24, 2.45) is 5.73 Å². The quantitative estimate of drug-likeness (QED) is 0.787. The summed E-state index contributed by atoms with van der Waals surface area (Å²) in [4.78, 5) is 11.8. The zero-order valence-electron chi connectivity index (χ0n) is 10.1. The predicted molar refractivity (Wildman–Crippen MR) is 62.1 cm³/mol. The van der Waals surface area contributed by atoms with E-state index < -0.39 is 5.82 Å². The zero-order chi connectivity index (χ0) is 13.2. The van der Waals surface area contributed by atoms with Crippen molar-refractivity contribution >= 4 is 5.78 Å². The van der Waals surface area contributed by atoms with Crippen LogP contribution in [0, 0.1) is 19.7 Å². The summed E-state index contributed by atoms with van der Waals surface area (Å²) in [7, 11) is 1.31. The number of aromatic hydroxyl groups is 1. The number of carbonyl (C=O) groups is 1. The molecule has 0 aliphatic carbocycles. The summed E-state index contributed by atoms with van der Waals surface area (Å²) in [5.74, 6) is -1.25. The van der Waals surface area contributed by atoms with Gasteiger partial charge in [-0.1, -0.05) is 0 Å². The van der Waals surface area contributed by atoms with Crippen LogP contribution in [0.5, 0.6) is 11.5 Å². The highest BCUT2D eigenvalue weighted by Gasteiger charge is 2.23. The fraction of sp³-hybridized carbons (Fsp3) is 0.417. The number of carbonyl (C=O) groups excluding carboxylic acids is 1. The Bertz CT molecular complexity index is 458. The van der Waals surface area contributed by atoms with Crippen LogP contribution < -0.4 is 10.5 Å². The number of ketones is 1. The first-order valence-electron chi connectivity index (χ1n) is 5.24. The number of hydrogen-bond donors (Lipinski definition) is 2. The summed E-state index contributed by atoms with van der Waals surface area (Å²) >= 11 is 0. The number of halogens is 1. The Hall–Kier alpha value is -1.62. The van der Waals surface area contributed by atoms with E-state index in [9.17, 15) is 14.3 Å². The summed E-state index contributed by atoms with van der Waals surface area (Å²) in [6.07, 6.45) is 0.0556. The number of Topliss-reactive ketones (excluding diaryl/α,β-unsaturated/α-hetero) is 1. The van der Waals surface area contributed by atoms with Gasteiger partial charge in [0.2, 0.25) is 0 Å². The number of methoxy groups -OCH3 is 1. The second-order valence-corrected chi connectivity index (χ2v) is 3.78. The van der Waals surface area contributed by atoms with E-state index in [1.807, 2.05) is 0 Å². The molecule has 0 saturated carbocycles. The first kappa shape index (κ1) is 13.4. The summed E-state index contributed by atoms with van der Waals surface area (Å²) in [5, 5.41) is 9.92. The van der Waals surface area contributed by atoms with Crippen LogP contribution in [0.25, 0.3) is 0 Å². The molecule has 4 nitrogen and oxygen atoms in total. The van der Waals surface area contributed by atoms with Crippen molar-refractivity contribution in [1.82, 2.24) is 0 Å². The Morgan fingerprint density at radius 1 is 1.41 bits per heavy atom. The van der Waals surface area contributed by atoms with Crippen molar-refractivity contribution in [2.75, 3.05) is 13.7 Å². The van der Waals surface area contributed by atoms with Gasteiger partial charge < -0.3 is 15.6 Å². The summed E-state index contributed by atoms with van der Waals surface area (Å²) in [5.41, 5.74) is 5.54. The van der Waals surface area contributed by atoms with E-state index >= 15 is 0 Å². The normalized spacial score (nSPS) is 10.4. The lowest BCUT2D eigenvalue weighted by molar-refractivity contribution is 0.0981. The third-order valence-corrected chi connectivity index (χ3v) is 2.68. The van der Waals surface area contributed by atoms with Gasteiger partial charge in [-0.2, -0.15) is 0 Å². The SMILES string of the molecule is COc1c(C)c(F)c(C)c(C(=O)CCN)c1O. The van der Waals surface area contributed by atoms with E-state index in [0.717, 1.165) is 0 Å². The third-order valence-electron chi connectivity index (χ3n) is 2.68. The van der Waals surface area contributed by atoms with Crippen molar-refractivity contribution in [3.05, 3.63) is 22.5 Å². The smallest absolute Gasteiger partial charge is 0.169 e. The molecule has 17 heavy (non-hydrogen) atoms. The molecule has 0 aliphatic heterocycles. The van der Waals surface area contributed by atoms with E-state index in [-0.39, 0.29) is 46.9 Å². The van der Waals surface area contributed by atoms with E-state index in [1.165, 1.54) is 21.0 Å². The molecule has 0 aromatic heterocycles. The Balaban J connectivity index is 3.50. The lowest BCUT2D eigenvalue weighted by Gasteiger charge is -2.15. The van der Waals surface area contributed by atoms with Gasteiger partial charge >= 0.3 is 0 Å². The van der Waals surface area contributed by atoms with E-state index in [2.05, 4.69) is 0 Å². The molecule has 1 rings (SSSR count). The van der Waals surface area contributed by atoms with Gasteiger partial charge in [-0.3, -0.25) is 4.79 Å². The number of rotatable bonds is 4. The summed E-state index contributed by atoms with van der Waals surface area (Å²) in [6.45, 7) is 3.08. The maximum atomic E-state index is 13.8. The average molecular weight is 241 g/mol. The highest BCUT2D eigenvalue weighted by Crippen LogP contribution is 2.38. The molecule has 0 aliphatic rings. The van der Waals surface area contributed by atoms with Gasteiger partial charge in [0.05, 0.1) is 12.7 Å². The number of hydrogen-bond acceptors (Lipinski definition) is 4. The fourth-order valence-corrected chi connectivity index (χ4v) is 1.81. The van der Waals surface area contributed by atoms with Crippen LogP contribution >= 0.6 is 0 Å². The molecule has 5 heteroatoms. The maximum absolute atomic E-state index is 13.8. The maximum Gasteiger partial charge on any atom is 0.169 e. The first-order valence-corrected chi connectivity index (χ1v) is 5.24. The third kappa shape index (κ3) is 2.24. The van der Waals surface area contributed by atoms with Crippen molar-refractivity contribution in [1.29, 1.82) is 0 Å². The standard InChI is InChI=1S/C12H16FNO3/c1-6-9(8(15)4-5-14)11(16)12(17-3)7(2)10(6)13/h16H,4-5,14H2,1-3H3. The molecule has 0 bridgehead atoms. The van der Waals surface area contributed by atoms with Gasteiger partial charge in [0.1, 0.15) is 5.82 Å². The van der Waals surface area contributed by atoms with Crippen LogP contribution in [0.2, 0.25) is 0 Å². The minimum atomic E-state index is -0.542. The largest absolute Gasteiger partial charge is 0.504 e. The van der Waals surface area contributed by atoms with Gasteiger partial charge in [0.25, 0.3) is 0 Å². The van der Waals surface area contributed by atoms with Crippen molar-refractivity contribution < 1.29 is 19.0 Å². The Morgan fingerprint density at radius 2 is 2.00 bits per heavy atom. The lowest BCUT2D eigenvalue weighted by atomic mass is 9.97. The van der Waals surface area contributed by atoms with Gasteiger partial charge in [-0.25, -0.2) is 4.39 Å². The second-order valence-electron chi connectivity index (χ2n) is 3.78. The highest BCUT2D eigenvalue weighted by atomic mass is 19.1. The monoisotopic (exact) mass is 241 g/mol. The molecule has 0 spiro atoms. The number of ether oxygens (including phenoxy) is 1. The number of phenolic OH excluding ortho intramolecular Hbond substituents is 1. The van der Waals surface area contributed by atoms with E-state index in [4.69, 9.17) is 10.5 Å². The molecule has 0 atom stereocenters. The molecule has 0 heterocycles. The molecular weight excluding hydrogens is 225 g/mol. The first-order chi connectivity index (χ1) is 7.95. The molecular formula is C12H16FNO3. The summed E-state index contributed by atoms with van der Waals surface area (Å²) in [6, 6.07) is 0. The van der Waals surface area contributed by atoms with Gasteiger partial charge in [-0.15, -0.1) is 0 Å². The lowest BCUT2D eigenvalue weighted by Crippen LogP contribution is -2.12. The summed E-state index contributed by atoms with van der Waals surface area (Å²) < 4.78 is 18.8. The molecule has 1 aromatic carbocycles.